The summed E-state index contributed by atoms with van der Waals surface area (Å²) in [5.41, 5.74) is 7.92. The molecule has 0 aliphatic rings. The highest BCUT2D eigenvalue weighted by atomic mass is 35.5. The van der Waals surface area contributed by atoms with E-state index < -0.39 is 0 Å². The van der Waals surface area contributed by atoms with Gasteiger partial charge in [0.15, 0.2) is 0 Å². The Balaban J connectivity index is 2.34. The summed E-state index contributed by atoms with van der Waals surface area (Å²) < 4.78 is 0. The number of rotatable bonds is 2. The molecule has 0 saturated heterocycles. The number of nitrogen functional groups attached to an aromatic ring is 1. The minimum absolute atomic E-state index is 0.267. The summed E-state index contributed by atoms with van der Waals surface area (Å²) in [6.45, 7) is 1.88. The monoisotopic (exact) mass is 294 g/mol. The van der Waals surface area contributed by atoms with Crippen LogP contribution in [0.25, 0.3) is 0 Å². The second kappa shape index (κ2) is 5.51. The number of hydrogen-bond acceptors (Lipinski definition) is 2. The number of nitrogens with one attached hydrogen (secondary N) is 1. The SMILES string of the molecule is Cc1ccc(Cl)cc1NC(=O)c1c(N)cccc1Cl. The van der Waals surface area contributed by atoms with E-state index in [9.17, 15) is 4.79 Å². The Morgan fingerprint density at radius 2 is 1.95 bits per heavy atom. The first-order valence-corrected chi connectivity index (χ1v) is 6.36. The topological polar surface area (TPSA) is 55.1 Å². The van der Waals surface area contributed by atoms with Gasteiger partial charge in [0.05, 0.1) is 10.6 Å². The predicted molar refractivity (Wildman–Crippen MR) is 80.0 cm³/mol. The maximum atomic E-state index is 12.2. The van der Waals surface area contributed by atoms with Crippen molar-refractivity contribution in [3.8, 4) is 0 Å². The Kier molecular flexibility index (Phi) is 3.98. The van der Waals surface area contributed by atoms with Crippen molar-refractivity contribution in [1.29, 1.82) is 0 Å². The molecular weight excluding hydrogens is 283 g/mol. The molecular formula is C14H12Cl2N2O. The average Bonchev–Trinajstić information content (AvgIpc) is 2.33. The molecule has 2 aromatic carbocycles. The Morgan fingerprint density at radius 3 is 2.63 bits per heavy atom. The molecule has 2 rings (SSSR count). The lowest BCUT2D eigenvalue weighted by atomic mass is 10.1. The van der Waals surface area contributed by atoms with Gasteiger partial charge in [-0.05, 0) is 36.8 Å². The molecule has 0 aliphatic heterocycles. The summed E-state index contributed by atoms with van der Waals surface area (Å²) in [6.07, 6.45) is 0. The van der Waals surface area contributed by atoms with Gasteiger partial charge in [-0.15, -0.1) is 0 Å². The van der Waals surface area contributed by atoms with Crippen molar-refractivity contribution in [1.82, 2.24) is 0 Å². The third-order valence-corrected chi connectivity index (χ3v) is 3.27. The molecule has 0 bridgehead atoms. The molecule has 19 heavy (non-hydrogen) atoms. The Morgan fingerprint density at radius 1 is 1.21 bits per heavy atom. The fraction of sp³-hybridized carbons (Fsp3) is 0.0714. The minimum atomic E-state index is -0.353. The first kappa shape index (κ1) is 13.7. The van der Waals surface area contributed by atoms with Crippen LogP contribution in [0.1, 0.15) is 15.9 Å². The van der Waals surface area contributed by atoms with Crippen LogP contribution in [0.15, 0.2) is 36.4 Å². The van der Waals surface area contributed by atoms with Crippen LogP contribution in [0.3, 0.4) is 0 Å². The quantitative estimate of drug-likeness (QED) is 0.818. The number of benzene rings is 2. The third-order valence-electron chi connectivity index (χ3n) is 2.72. The number of hydrogen-bond donors (Lipinski definition) is 2. The third kappa shape index (κ3) is 3.00. The van der Waals surface area contributed by atoms with Gasteiger partial charge in [0.2, 0.25) is 0 Å². The average molecular weight is 295 g/mol. The van der Waals surface area contributed by atoms with Crippen molar-refractivity contribution in [2.24, 2.45) is 0 Å². The van der Waals surface area contributed by atoms with Gasteiger partial charge in [0.1, 0.15) is 0 Å². The van der Waals surface area contributed by atoms with Crippen LogP contribution in [-0.4, -0.2) is 5.91 Å². The highest BCUT2D eigenvalue weighted by molar-refractivity contribution is 6.35. The number of nitrogens with two attached hydrogens (primary N) is 1. The van der Waals surface area contributed by atoms with E-state index in [1.165, 1.54) is 0 Å². The molecule has 0 aliphatic carbocycles. The molecule has 1 amide bonds. The number of amides is 1. The summed E-state index contributed by atoms with van der Waals surface area (Å²) >= 11 is 11.9. The number of carbonyl (C=O) groups excluding carboxylic acids is 1. The molecule has 0 heterocycles. The molecule has 0 atom stereocenters. The summed E-state index contributed by atoms with van der Waals surface area (Å²) in [5.74, 6) is -0.353. The van der Waals surface area contributed by atoms with Gasteiger partial charge in [-0.3, -0.25) is 4.79 Å². The second-order valence-corrected chi connectivity index (χ2v) is 4.96. The Bertz CT molecular complexity index is 621. The normalized spacial score (nSPS) is 10.3. The molecule has 0 saturated carbocycles. The number of aryl methyl sites for hydroxylation is 1. The largest absolute Gasteiger partial charge is 0.398 e. The molecule has 3 N–H and O–H groups in total. The number of halogens is 2. The van der Waals surface area contributed by atoms with Crippen LogP contribution in [0.5, 0.6) is 0 Å². The molecule has 0 fully saturated rings. The molecule has 5 heteroatoms. The lowest BCUT2D eigenvalue weighted by Gasteiger charge is -2.11. The van der Waals surface area contributed by atoms with Crippen molar-refractivity contribution in [3.63, 3.8) is 0 Å². The van der Waals surface area contributed by atoms with Gasteiger partial charge in [-0.1, -0.05) is 35.3 Å². The van der Waals surface area contributed by atoms with E-state index in [4.69, 9.17) is 28.9 Å². The second-order valence-electron chi connectivity index (χ2n) is 4.12. The first-order chi connectivity index (χ1) is 8.99. The highest BCUT2D eigenvalue weighted by Crippen LogP contribution is 2.25. The minimum Gasteiger partial charge on any atom is -0.398 e. The zero-order valence-corrected chi connectivity index (χ0v) is 11.7. The van der Waals surface area contributed by atoms with E-state index in [-0.39, 0.29) is 11.5 Å². The maximum Gasteiger partial charge on any atom is 0.259 e. The van der Waals surface area contributed by atoms with Crippen molar-refractivity contribution >= 4 is 40.5 Å². The zero-order chi connectivity index (χ0) is 14.0. The highest BCUT2D eigenvalue weighted by Gasteiger charge is 2.14. The van der Waals surface area contributed by atoms with Crippen molar-refractivity contribution < 1.29 is 4.79 Å². The number of carbonyl (C=O) groups is 1. The molecule has 0 spiro atoms. The van der Waals surface area contributed by atoms with Crippen LogP contribution in [0.4, 0.5) is 11.4 Å². The van der Waals surface area contributed by atoms with Crippen LogP contribution in [-0.2, 0) is 0 Å². The Labute approximate surface area is 121 Å². The fourth-order valence-electron chi connectivity index (χ4n) is 1.69. The van der Waals surface area contributed by atoms with Gasteiger partial charge in [0, 0.05) is 16.4 Å². The van der Waals surface area contributed by atoms with Gasteiger partial charge in [-0.2, -0.15) is 0 Å². The fourth-order valence-corrected chi connectivity index (χ4v) is 2.13. The molecule has 2 aromatic rings. The molecule has 3 nitrogen and oxygen atoms in total. The summed E-state index contributed by atoms with van der Waals surface area (Å²) in [6, 6.07) is 10.2. The van der Waals surface area contributed by atoms with Crippen molar-refractivity contribution in [2.45, 2.75) is 6.92 Å². The van der Waals surface area contributed by atoms with Gasteiger partial charge >= 0.3 is 0 Å². The standard InChI is InChI=1S/C14H12Cl2N2O/c1-8-5-6-9(15)7-12(8)18-14(19)13-10(16)3-2-4-11(13)17/h2-7H,17H2,1H3,(H,18,19). The van der Waals surface area contributed by atoms with Crippen LogP contribution in [0, 0.1) is 6.92 Å². The van der Waals surface area contributed by atoms with E-state index in [1.807, 2.05) is 13.0 Å². The van der Waals surface area contributed by atoms with E-state index >= 15 is 0 Å². The van der Waals surface area contributed by atoms with E-state index in [0.717, 1.165) is 5.56 Å². The van der Waals surface area contributed by atoms with Crippen LogP contribution >= 0.6 is 23.2 Å². The Hall–Kier alpha value is -1.71. The van der Waals surface area contributed by atoms with Crippen molar-refractivity contribution in [3.05, 3.63) is 57.6 Å². The van der Waals surface area contributed by atoms with Crippen LogP contribution in [0.2, 0.25) is 10.0 Å². The first-order valence-electron chi connectivity index (χ1n) is 5.60. The van der Waals surface area contributed by atoms with Gasteiger partial charge in [0.25, 0.3) is 5.91 Å². The van der Waals surface area contributed by atoms with Gasteiger partial charge < -0.3 is 11.1 Å². The molecule has 0 radical (unpaired) electrons. The van der Waals surface area contributed by atoms with Crippen molar-refractivity contribution in [2.75, 3.05) is 11.1 Å². The summed E-state index contributed by atoms with van der Waals surface area (Å²) in [4.78, 5) is 12.2. The van der Waals surface area contributed by atoms with E-state index in [0.29, 0.717) is 21.4 Å². The zero-order valence-electron chi connectivity index (χ0n) is 10.2. The summed E-state index contributed by atoms with van der Waals surface area (Å²) in [5, 5.41) is 3.63. The lowest BCUT2D eigenvalue weighted by Crippen LogP contribution is -2.15. The summed E-state index contributed by atoms with van der Waals surface area (Å²) in [7, 11) is 0. The van der Waals surface area contributed by atoms with E-state index in [2.05, 4.69) is 5.32 Å². The molecule has 98 valence electrons. The lowest BCUT2D eigenvalue weighted by molar-refractivity contribution is 0.102. The van der Waals surface area contributed by atoms with Crippen LogP contribution < -0.4 is 11.1 Å². The smallest absolute Gasteiger partial charge is 0.259 e. The molecule has 0 aromatic heterocycles. The van der Waals surface area contributed by atoms with E-state index in [1.54, 1.807) is 30.3 Å². The predicted octanol–water partition coefficient (Wildman–Crippen LogP) is 4.14. The van der Waals surface area contributed by atoms with Gasteiger partial charge in [-0.25, -0.2) is 0 Å². The number of anilines is 2. The maximum absolute atomic E-state index is 12.2. The molecule has 0 unspecified atom stereocenters.